The van der Waals surface area contributed by atoms with Crippen LogP contribution >= 0.6 is 0 Å². The lowest BCUT2D eigenvalue weighted by Gasteiger charge is -2.60. The monoisotopic (exact) mass is 674 g/mol. The summed E-state index contributed by atoms with van der Waals surface area (Å²) in [5.74, 6) is 1.78. The summed E-state index contributed by atoms with van der Waals surface area (Å²) in [6.45, 7) is 9.81. The molecule has 9 nitrogen and oxygen atoms in total. The first-order valence-electron chi connectivity index (χ1n) is 19.9. The molecule has 7 N–H and O–H groups in total. The molecule has 4 aliphatic carbocycles. The lowest BCUT2D eigenvalue weighted by Crippen LogP contribution is -2.56. The Hall–Kier alpha value is -2.00. The predicted octanol–water partition coefficient (Wildman–Crippen LogP) is 5.38. The molecule has 2 amide bonds. The molecule has 4 aliphatic rings. The SMILES string of the molecule is CCCCC[C@H](NC(=O)C(CCCC[NH3+])NC(=O)[C@@H](N)CCCCC)C(=O)O[C@H]1CCC2C3CC[C@H]4CC(=O)CC[C@]4(C)C3CC[C@@]21C. The van der Waals surface area contributed by atoms with Crippen LogP contribution in [0.5, 0.6) is 0 Å². The van der Waals surface area contributed by atoms with Crippen molar-refractivity contribution in [3.63, 3.8) is 0 Å². The number of quaternary nitrogens is 1. The van der Waals surface area contributed by atoms with Gasteiger partial charge in [-0.2, -0.15) is 0 Å². The summed E-state index contributed by atoms with van der Waals surface area (Å²) in [6, 6.07) is -2.16. The summed E-state index contributed by atoms with van der Waals surface area (Å²) < 4.78 is 6.44. The second-order valence-electron chi connectivity index (χ2n) is 16.5. The molecule has 4 saturated carbocycles. The number of ether oxygens (including phenoxy) is 1. The number of rotatable bonds is 18. The van der Waals surface area contributed by atoms with E-state index in [-0.39, 0.29) is 34.7 Å². The van der Waals surface area contributed by atoms with E-state index in [4.69, 9.17) is 10.5 Å². The molecule has 0 aromatic heterocycles. The van der Waals surface area contributed by atoms with E-state index in [0.29, 0.717) is 48.7 Å². The average molecular weight is 674 g/mol. The molecule has 0 aliphatic heterocycles. The summed E-state index contributed by atoms with van der Waals surface area (Å²) in [4.78, 5) is 53.0. The van der Waals surface area contributed by atoms with E-state index in [1.54, 1.807) is 0 Å². The minimum Gasteiger partial charge on any atom is -0.460 e. The Morgan fingerprint density at radius 2 is 1.46 bits per heavy atom. The average Bonchev–Trinajstić information content (AvgIpc) is 3.39. The van der Waals surface area contributed by atoms with Crippen LogP contribution in [0.2, 0.25) is 0 Å². The molecule has 274 valence electrons. The van der Waals surface area contributed by atoms with Crippen molar-refractivity contribution in [3.05, 3.63) is 0 Å². The van der Waals surface area contributed by atoms with Gasteiger partial charge in [-0.1, -0.05) is 66.2 Å². The summed E-state index contributed by atoms with van der Waals surface area (Å²) in [7, 11) is 0. The summed E-state index contributed by atoms with van der Waals surface area (Å²) >= 11 is 0. The van der Waals surface area contributed by atoms with Gasteiger partial charge < -0.3 is 26.8 Å². The molecule has 0 spiro atoms. The van der Waals surface area contributed by atoms with Gasteiger partial charge in [-0.15, -0.1) is 0 Å². The molecule has 4 rings (SSSR count). The lowest BCUT2D eigenvalue weighted by molar-refractivity contribution is -0.368. The summed E-state index contributed by atoms with van der Waals surface area (Å²) in [5.41, 5.74) is 10.3. The predicted molar refractivity (Wildman–Crippen MR) is 188 cm³/mol. The van der Waals surface area contributed by atoms with Gasteiger partial charge in [0.2, 0.25) is 11.8 Å². The number of nitrogens with one attached hydrogen (secondary N) is 2. The van der Waals surface area contributed by atoms with Crippen LogP contribution in [-0.4, -0.2) is 54.3 Å². The van der Waals surface area contributed by atoms with Crippen molar-refractivity contribution in [2.45, 2.75) is 180 Å². The van der Waals surface area contributed by atoms with E-state index in [0.717, 1.165) is 109 Å². The number of ketones is 1. The quantitative estimate of drug-likeness (QED) is 0.113. The Morgan fingerprint density at radius 1 is 0.812 bits per heavy atom. The maximum atomic E-state index is 14.0. The molecule has 48 heavy (non-hydrogen) atoms. The summed E-state index contributed by atoms with van der Waals surface area (Å²) in [6.07, 6.45) is 17.7. The van der Waals surface area contributed by atoms with Crippen molar-refractivity contribution in [2.24, 2.45) is 40.2 Å². The van der Waals surface area contributed by atoms with Gasteiger partial charge in [-0.05, 0) is 106 Å². The largest absolute Gasteiger partial charge is 0.460 e. The molecule has 0 aromatic carbocycles. The van der Waals surface area contributed by atoms with Gasteiger partial charge in [0.15, 0.2) is 0 Å². The molecule has 0 saturated heterocycles. The molecular formula is C39H69N4O5+. The van der Waals surface area contributed by atoms with Gasteiger partial charge in [0.05, 0.1) is 12.6 Å². The Morgan fingerprint density at radius 3 is 2.17 bits per heavy atom. The fourth-order valence-corrected chi connectivity index (χ4v) is 10.4. The Kier molecular flexibility index (Phi) is 14.4. The second-order valence-corrected chi connectivity index (χ2v) is 16.5. The number of carbonyl (C=O) groups excluding carboxylic acids is 4. The topological polar surface area (TPSA) is 155 Å². The molecule has 0 aromatic rings. The summed E-state index contributed by atoms with van der Waals surface area (Å²) in [5, 5.41) is 5.95. The molecule has 4 unspecified atom stereocenters. The number of Topliss-reactive ketones (excluding diaryl/α,β-unsaturated/α-hetero) is 1. The molecule has 0 heterocycles. The van der Waals surface area contributed by atoms with Crippen molar-refractivity contribution in [1.29, 1.82) is 0 Å². The third kappa shape index (κ3) is 9.01. The first-order valence-corrected chi connectivity index (χ1v) is 19.9. The fourth-order valence-electron chi connectivity index (χ4n) is 10.4. The van der Waals surface area contributed by atoms with Crippen LogP contribution in [0.25, 0.3) is 0 Å². The first kappa shape index (κ1) is 38.8. The molecular weight excluding hydrogens is 604 g/mol. The van der Waals surface area contributed by atoms with Crippen LogP contribution in [0.1, 0.15) is 156 Å². The smallest absolute Gasteiger partial charge is 0.328 e. The van der Waals surface area contributed by atoms with Crippen molar-refractivity contribution in [1.82, 2.24) is 10.6 Å². The first-order chi connectivity index (χ1) is 23.0. The number of hydrogen-bond acceptors (Lipinski definition) is 6. The standard InChI is InChI=1S/C39H68N4O5/c1-5-7-9-13-31(41)35(45)42-32(14-11-12-24-40)36(46)43-33(15-10-8-6-2)37(47)48-34-19-18-29-28-17-16-26-25-27(44)20-22-38(26,3)30(28)21-23-39(29,34)4/h26,28-34H,5-25,40-41H2,1-4H3,(H,42,45)(H,43,46)/p+1/t26-,28?,29?,30?,31-,32?,33-,34-,38-,39-/m0/s1. The van der Waals surface area contributed by atoms with Gasteiger partial charge >= 0.3 is 5.97 Å². The van der Waals surface area contributed by atoms with E-state index in [1.165, 1.54) is 6.42 Å². The maximum absolute atomic E-state index is 14.0. The number of amides is 2. The van der Waals surface area contributed by atoms with Crippen molar-refractivity contribution in [2.75, 3.05) is 6.54 Å². The number of unbranched alkanes of at least 4 members (excludes halogenated alkanes) is 5. The van der Waals surface area contributed by atoms with Gasteiger partial charge in [-0.25, -0.2) is 4.79 Å². The number of carbonyl (C=O) groups is 4. The van der Waals surface area contributed by atoms with Crippen LogP contribution in [0.3, 0.4) is 0 Å². The molecule has 4 fully saturated rings. The molecule has 0 radical (unpaired) electrons. The van der Waals surface area contributed by atoms with Gasteiger partial charge in [0.1, 0.15) is 24.0 Å². The third-order valence-corrected chi connectivity index (χ3v) is 13.4. The number of nitrogens with two attached hydrogens (primary N) is 1. The Balaban J connectivity index is 1.42. The van der Waals surface area contributed by atoms with Crippen molar-refractivity contribution in [3.8, 4) is 0 Å². The Bertz CT molecular complexity index is 1100. The van der Waals surface area contributed by atoms with E-state index >= 15 is 0 Å². The minimum atomic E-state index is -0.752. The zero-order chi connectivity index (χ0) is 34.9. The number of esters is 1. The van der Waals surface area contributed by atoms with Crippen LogP contribution in [0.15, 0.2) is 0 Å². The minimum absolute atomic E-state index is 0.0684. The van der Waals surface area contributed by atoms with E-state index in [1.807, 2.05) is 0 Å². The number of fused-ring (bicyclic) bond motifs is 5. The highest BCUT2D eigenvalue weighted by atomic mass is 16.5. The van der Waals surface area contributed by atoms with Crippen molar-refractivity contribution < 1.29 is 29.6 Å². The van der Waals surface area contributed by atoms with Crippen LogP contribution in [0, 0.1) is 34.5 Å². The highest BCUT2D eigenvalue weighted by Gasteiger charge is 2.61. The molecule has 10 atom stereocenters. The van der Waals surface area contributed by atoms with Gasteiger partial charge in [0, 0.05) is 18.3 Å². The van der Waals surface area contributed by atoms with Gasteiger partial charge in [-0.3, -0.25) is 14.4 Å². The lowest BCUT2D eigenvalue weighted by atomic mass is 9.45. The number of hydrogen-bond donors (Lipinski definition) is 4. The maximum Gasteiger partial charge on any atom is 0.328 e. The highest BCUT2D eigenvalue weighted by Crippen LogP contribution is 2.66. The molecule has 9 heteroatoms. The van der Waals surface area contributed by atoms with Gasteiger partial charge in [0.25, 0.3) is 0 Å². The van der Waals surface area contributed by atoms with Crippen LogP contribution in [-0.2, 0) is 23.9 Å². The Labute approximate surface area is 290 Å². The highest BCUT2D eigenvalue weighted by molar-refractivity contribution is 5.92. The zero-order valence-electron chi connectivity index (χ0n) is 30.8. The zero-order valence-corrected chi connectivity index (χ0v) is 30.8. The van der Waals surface area contributed by atoms with E-state index in [2.05, 4.69) is 44.1 Å². The second kappa shape index (κ2) is 17.8. The van der Waals surface area contributed by atoms with Crippen molar-refractivity contribution >= 4 is 23.6 Å². The molecule has 0 bridgehead atoms. The third-order valence-electron chi connectivity index (χ3n) is 13.4. The van der Waals surface area contributed by atoms with E-state index in [9.17, 15) is 19.2 Å². The van der Waals surface area contributed by atoms with Crippen LogP contribution < -0.4 is 22.1 Å². The fraction of sp³-hybridized carbons (Fsp3) is 0.897. The normalized spacial score (nSPS) is 33.0. The van der Waals surface area contributed by atoms with Crippen LogP contribution in [0.4, 0.5) is 0 Å². The van der Waals surface area contributed by atoms with E-state index < -0.39 is 18.1 Å².